The number of aromatic carboxylic acids is 1. The van der Waals surface area contributed by atoms with E-state index in [1.54, 1.807) is 19.2 Å². The van der Waals surface area contributed by atoms with E-state index in [9.17, 15) is 14.7 Å². The van der Waals surface area contributed by atoms with E-state index in [4.69, 9.17) is 4.74 Å². The van der Waals surface area contributed by atoms with Gasteiger partial charge in [-0.15, -0.1) is 0 Å². The Morgan fingerprint density at radius 3 is 2.29 bits per heavy atom. The normalized spacial score (nSPS) is 14.0. The topological polar surface area (TPSA) is 75.6 Å². The number of benzene rings is 3. The van der Waals surface area contributed by atoms with Crippen molar-refractivity contribution < 1.29 is 19.4 Å². The Bertz CT molecular complexity index is 1160. The van der Waals surface area contributed by atoms with Gasteiger partial charge < -0.3 is 15.2 Å². The third-order valence-electron chi connectivity index (χ3n) is 6.18. The molecule has 1 aliphatic carbocycles. The molecule has 5 nitrogen and oxygen atoms in total. The monoisotopic (exact) mass is 415 g/mol. The van der Waals surface area contributed by atoms with Crippen LogP contribution in [0.25, 0.3) is 11.1 Å². The molecule has 2 N–H and O–H groups in total. The number of hydrogen-bond donors (Lipinski definition) is 2. The van der Waals surface area contributed by atoms with Crippen LogP contribution in [0.5, 0.6) is 5.75 Å². The van der Waals surface area contributed by atoms with Gasteiger partial charge >= 0.3 is 5.97 Å². The Kier molecular flexibility index (Phi) is 5.27. The molecule has 0 heterocycles. The lowest BCUT2D eigenvalue weighted by Crippen LogP contribution is -2.27. The molecule has 0 unspecified atom stereocenters. The second-order valence-electron chi connectivity index (χ2n) is 8.08. The Balaban J connectivity index is 1.63. The SMILES string of the molecule is COc1ccc(C2(C(=O)Nc3ccc(C)c(-c4cccc(C(=O)O)c4C)c3)CC2)cc1. The molecule has 3 aromatic carbocycles. The van der Waals surface area contributed by atoms with Gasteiger partial charge in [0.1, 0.15) is 5.75 Å². The summed E-state index contributed by atoms with van der Waals surface area (Å²) in [6.07, 6.45) is 1.62. The zero-order chi connectivity index (χ0) is 22.2. The smallest absolute Gasteiger partial charge is 0.335 e. The Morgan fingerprint density at radius 1 is 0.968 bits per heavy atom. The number of aryl methyl sites for hydroxylation is 1. The molecule has 0 aromatic heterocycles. The minimum Gasteiger partial charge on any atom is -0.497 e. The average Bonchev–Trinajstić information content (AvgIpc) is 3.57. The maximum absolute atomic E-state index is 13.2. The summed E-state index contributed by atoms with van der Waals surface area (Å²) in [7, 11) is 1.62. The van der Waals surface area contributed by atoms with Gasteiger partial charge in [-0.3, -0.25) is 4.79 Å². The number of nitrogens with one attached hydrogen (secondary N) is 1. The Labute approximate surface area is 181 Å². The van der Waals surface area contributed by atoms with Crippen molar-refractivity contribution in [3.8, 4) is 16.9 Å². The highest BCUT2D eigenvalue weighted by Gasteiger charge is 2.51. The standard InChI is InChI=1S/C26H25NO4/c1-16-7-10-19(15-23(16)21-5-4-6-22(17(21)2)24(28)29)27-25(30)26(13-14-26)18-8-11-20(31-3)12-9-18/h4-12,15H,13-14H2,1-3H3,(H,27,30)(H,28,29). The van der Waals surface area contributed by atoms with E-state index in [-0.39, 0.29) is 11.5 Å². The van der Waals surface area contributed by atoms with E-state index in [1.807, 2.05) is 62.4 Å². The van der Waals surface area contributed by atoms with Gasteiger partial charge in [-0.25, -0.2) is 4.79 Å². The molecule has 0 spiro atoms. The quantitative estimate of drug-likeness (QED) is 0.569. The third-order valence-corrected chi connectivity index (χ3v) is 6.18. The lowest BCUT2D eigenvalue weighted by Gasteiger charge is -2.18. The summed E-state index contributed by atoms with van der Waals surface area (Å²) < 4.78 is 5.22. The van der Waals surface area contributed by atoms with Crippen molar-refractivity contribution in [2.75, 3.05) is 12.4 Å². The molecule has 1 aliphatic rings. The van der Waals surface area contributed by atoms with Crippen LogP contribution >= 0.6 is 0 Å². The van der Waals surface area contributed by atoms with Crippen LogP contribution < -0.4 is 10.1 Å². The van der Waals surface area contributed by atoms with Gasteiger partial charge in [0.2, 0.25) is 5.91 Å². The first-order valence-corrected chi connectivity index (χ1v) is 10.3. The van der Waals surface area contributed by atoms with E-state index in [0.717, 1.165) is 40.8 Å². The number of ether oxygens (including phenoxy) is 1. The molecule has 3 aromatic rings. The molecule has 0 atom stereocenters. The highest BCUT2D eigenvalue weighted by Crippen LogP contribution is 2.49. The first-order chi connectivity index (χ1) is 14.9. The van der Waals surface area contributed by atoms with Crippen LogP contribution in [0.2, 0.25) is 0 Å². The number of carboxylic acids is 1. The minimum absolute atomic E-state index is 0.0246. The first-order valence-electron chi connectivity index (χ1n) is 10.3. The van der Waals surface area contributed by atoms with Crippen molar-refractivity contribution in [3.05, 3.63) is 82.9 Å². The van der Waals surface area contributed by atoms with Gasteiger partial charge in [-0.1, -0.05) is 30.3 Å². The summed E-state index contributed by atoms with van der Waals surface area (Å²) in [6.45, 7) is 3.79. The highest BCUT2D eigenvalue weighted by atomic mass is 16.5. The van der Waals surface area contributed by atoms with Crippen molar-refractivity contribution in [1.29, 1.82) is 0 Å². The summed E-state index contributed by atoms with van der Waals surface area (Å²) in [5.74, 6) is -0.206. The molecule has 1 fully saturated rings. The Morgan fingerprint density at radius 2 is 1.68 bits per heavy atom. The summed E-state index contributed by atoms with van der Waals surface area (Å²) in [5, 5.41) is 12.5. The van der Waals surface area contributed by atoms with Crippen molar-refractivity contribution in [2.24, 2.45) is 0 Å². The zero-order valence-electron chi connectivity index (χ0n) is 17.9. The lowest BCUT2D eigenvalue weighted by molar-refractivity contribution is -0.118. The van der Waals surface area contributed by atoms with Crippen LogP contribution in [-0.4, -0.2) is 24.1 Å². The number of carbonyl (C=O) groups is 2. The highest BCUT2D eigenvalue weighted by molar-refractivity contribution is 6.02. The first kappa shape index (κ1) is 20.7. The summed E-state index contributed by atoms with van der Waals surface area (Å²) in [4.78, 5) is 24.7. The second kappa shape index (κ2) is 7.91. The van der Waals surface area contributed by atoms with Gasteiger partial charge in [0.25, 0.3) is 0 Å². The van der Waals surface area contributed by atoms with Crippen LogP contribution in [0.4, 0.5) is 5.69 Å². The number of amides is 1. The largest absolute Gasteiger partial charge is 0.497 e. The van der Waals surface area contributed by atoms with E-state index >= 15 is 0 Å². The van der Waals surface area contributed by atoms with Gasteiger partial charge in [0.05, 0.1) is 18.1 Å². The van der Waals surface area contributed by atoms with Gasteiger partial charge in [-0.2, -0.15) is 0 Å². The predicted octanol–water partition coefficient (Wildman–Crippen LogP) is 5.35. The van der Waals surface area contributed by atoms with E-state index in [0.29, 0.717) is 11.3 Å². The fraction of sp³-hybridized carbons (Fsp3) is 0.231. The molecule has 0 bridgehead atoms. The number of carboxylic acid groups (broad SMARTS) is 1. The number of methoxy groups -OCH3 is 1. The molecule has 4 rings (SSSR count). The number of carbonyl (C=O) groups excluding carboxylic acids is 1. The number of anilines is 1. The molecule has 1 saturated carbocycles. The van der Waals surface area contributed by atoms with Crippen LogP contribution in [0.3, 0.4) is 0 Å². The molecule has 158 valence electrons. The molecule has 5 heteroatoms. The van der Waals surface area contributed by atoms with Crippen molar-refractivity contribution in [3.63, 3.8) is 0 Å². The predicted molar refractivity (Wildman–Crippen MR) is 121 cm³/mol. The van der Waals surface area contributed by atoms with Crippen LogP contribution in [0.1, 0.15) is 39.9 Å². The zero-order valence-corrected chi connectivity index (χ0v) is 17.9. The van der Waals surface area contributed by atoms with Crippen molar-refractivity contribution in [1.82, 2.24) is 0 Å². The van der Waals surface area contributed by atoms with E-state index < -0.39 is 11.4 Å². The van der Waals surface area contributed by atoms with E-state index in [1.165, 1.54) is 0 Å². The van der Waals surface area contributed by atoms with Crippen LogP contribution in [0.15, 0.2) is 60.7 Å². The molecule has 0 radical (unpaired) electrons. The summed E-state index contributed by atoms with van der Waals surface area (Å²) in [5.41, 5.74) is 4.95. The second-order valence-corrected chi connectivity index (χ2v) is 8.08. The molecule has 1 amide bonds. The molecular weight excluding hydrogens is 390 g/mol. The number of hydrogen-bond acceptors (Lipinski definition) is 3. The average molecular weight is 415 g/mol. The molecule has 0 saturated heterocycles. The maximum atomic E-state index is 13.2. The molecule has 0 aliphatic heterocycles. The van der Waals surface area contributed by atoms with Crippen molar-refractivity contribution >= 4 is 17.6 Å². The summed E-state index contributed by atoms with van der Waals surface area (Å²) in [6, 6.07) is 18.7. The van der Waals surface area contributed by atoms with Crippen LogP contribution in [-0.2, 0) is 10.2 Å². The maximum Gasteiger partial charge on any atom is 0.335 e. The molecular formula is C26H25NO4. The fourth-order valence-corrected chi connectivity index (χ4v) is 4.08. The van der Waals surface area contributed by atoms with E-state index in [2.05, 4.69) is 5.32 Å². The number of rotatable bonds is 6. The molecule has 31 heavy (non-hydrogen) atoms. The Hall–Kier alpha value is -3.60. The van der Waals surface area contributed by atoms with Gasteiger partial charge in [0.15, 0.2) is 0 Å². The van der Waals surface area contributed by atoms with Crippen LogP contribution in [0, 0.1) is 13.8 Å². The third kappa shape index (κ3) is 3.79. The van der Waals surface area contributed by atoms with Crippen molar-refractivity contribution in [2.45, 2.75) is 32.1 Å². The van der Waals surface area contributed by atoms with Gasteiger partial charge in [0, 0.05) is 5.69 Å². The summed E-state index contributed by atoms with van der Waals surface area (Å²) >= 11 is 0. The lowest BCUT2D eigenvalue weighted by atomic mass is 9.92. The minimum atomic E-state index is -0.948. The van der Waals surface area contributed by atoms with Gasteiger partial charge in [-0.05, 0) is 84.8 Å². The fourth-order valence-electron chi connectivity index (χ4n) is 4.08.